The second-order valence-corrected chi connectivity index (χ2v) is 5.70. The normalized spacial score (nSPS) is 12.4. The van der Waals surface area contributed by atoms with Crippen molar-refractivity contribution in [1.29, 1.82) is 0 Å². The number of aryl methyl sites for hydroxylation is 2. The molecule has 1 aromatic heterocycles. The van der Waals surface area contributed by atoms with Crippen LogP contribution in [0.2, 0.25) is 5.02 Å². The van der Waals surface area contributed by atoms with Gasteiger partial charge in [-0.05, 0) is 37.5 Å². The first-order valence-corrected chi connectivity index (χ1v) is 7.54. The molecule has 0 amide bonds. The molecule has 0 fully saturated rings. The van der Waals surface area contributed by atoms with Gasteiger partial charge in [0.15, 0.2) is 0 Å². The Morgan fingerprint density at radius 3 is 2.81 bits per heavy atom. The summed E-state index contributed by atoms with van der Waals surface area (Å²) in [4.78, 5) is 0. The predicted molar refractivity (Wildman–Crippen MR) is 85.7 cm³/mol. The second-order valence-electron chi connectivity index (χ2n) is 5.29. The molecular formula is C16H22ClN3O. The van der Waals surface area contributed by atoms with Crippen LogP contribution in [0.4, 0.5) is 0 Å². The Labute approximate surface area is 130 Å². The van der Waals surface area contributed by atoms with Gasteiger partial charge >= 0.3 is 0 Å². The second kappa shape index (κ2) is 6.96. The van der Waals surface area contributed by atoms with Gasteiger partial charge in [-0.1, -0.05) is 30.7 Å². The molecule has 0 saturated carbocycles. The average Bonchev–Trinajstić information content (AvgIpc) is 2.76. The summed E-state index contributed by atoms with van der Waals surface area (Å²) in [6, 6.07) is 7.91. The van der Waals surface area contributed by atoms with E-state index in [-0.39, 0.29) is 6.04 Å². The summed E-state index contributed by atoms with van der Waals surface area (Å²) in [6.07, 6.45) is 1.68. The smallest absolute Gasteiger partial charge is 0.141 e. The maximum Gasteiger partial charge on any atom is 0.141 e. The Morgan fingerprint density at radius 1 is 1.43 bits per heavy atom. The summed E-state index contributed by atoms with van der Waals surface area (Å²) in [6.45, 7) is 4.48. The summed E-state index contributed by atoms with van der Waals surface area (Å²) < 4.78 is 7.77. The van der Waals surface area contributed by atoms with Crippen LogP contribution in [-0.4, -0.2) is 15.8 Å². The van der Waals surface area contributed by atoms with Crippen molar-refractivity contribution in [3.05, 3.63) is 46.2 Å². The summed E-state index contributed by atoms with van der Waals surface area (Å²) in [5.41, 5.74) is 9.09. The minimum absolute atomic E-state index is 0.116. The lowest BCUT2D eigenvalue weighted by atomic mass is 10.0. The highest BCUT2D eigenvalue weighted by molar-refractivity contribution is 6.32. The molecule has 2 rings (SSSR count). The van der Waals surface area contributed by atoms with Crippen LogP contribution in [0.1, 0.15) is 30.3 Å². The van der Waals surface area contributed by atoms with Crippen LogP contribution in [0.25, 0.3) is 0 Å². The minimum atomic E-state index is 0.116. The number of aromatic nitrogens is 2. The van der Waals surface area contributed by atoms with Crippen LogP contribution < -0.4 is 10.5 Å². The van der Waals surface area contributed by atoms with Crippen molar-refractivity contribution in [1.82, 2.24) is 9.78 Å². The number of benzene rings is 1. The van der Waals surface area contributed by atoms with Crippen molar-refractivity contribution < 1.29 is 4.74 Å². The van der Waals surface area contributed by atoms with E-state index in [4.69, 9.17) is 22.1 Å². The average molecular weight is 308 g/mol. The molecule has 1 heterocycles. The molecule has 0 radical (unpaired) electrons. The Bertz CT molecular complexity index is 610. The lowest BCUT2D eigenvalue weighted by Gasteiger charge is -2.15. The fourth-order valence-corrected chi connectivity index (χ4v) is 2.50. The van der Waals surface area contributed by atoms with Gasteiger partial charge in [0.05, 0.1) is 16.4 Å². The summed E-state index contributed by atoms with van der Waals surface area (Å²) >= 11 is 6.28. The molecule has 21 heavy (non-hydrogen) atoms. The molecule has 0 spiro atoms. The van der Waals surface area contributed by atoms with Crippen LogP contribution in [0.3, 0.4) is 0 Å². The van der Waals surface area contributed by atoms with Crippen molar-refractivity contribution in [3.63, 3.8) is 0 Å². The number of hydrogen-bond donors (Lipinski definition) is 1. The van der Waals surface area contributed by atoms with Crippen molar-refractivity contribution >= 4 is 11.6 Å². The number of hydrogen-bond acceptors (Lipinski definition) is 3. The first-order valence-electron chi connectivity index (χ1n) is 7.16. The van der Waals surface area contributed by atoms with Gasteiger partial charge < -0.3 is 10.5 Å². The molecule has 5 heteroatoms. The topological polar surface area (TPSA) is 53.1 Å². The van der Waals surface area contributed by atoms with Crippen LogP contribution in [0.15, 0.2) is 24.3 Å². The number of nitrogens with two attached hydrogens (primary N) is 1. The molecule has 2 aromatic rings. The van der Waals surface area contributed by atoms with Crippen LogP contribution >= 0.6 is 11.6 Å². The van der Waals surface area contributed by atoms with Gasteiger partial charge in [-0.3, -0.25) is 4.68 Å². The zero-order chi connectivity index (χ0) is 15.4. The highest BCUT2D eigenvalue weighted by Crippen LogP contribution is 2.30. The Balaban J connectivity index is 2.16. The van der Waals surface area contributed by atoms with Crippen molar-refractivity contribution in [2.75, 3.05) is 0 Å². The SMILES string of the molecule is CCC(N)Cc1cccc(Cl)c1OCc1cc(C)nn1C. The fourth-order valence-electron chi connectivity index (χ4n) is 2.25. The van der Waals surface area contributed by atoms with Crippen molar-refractivity contribution in [2.24, 2.45) is 12.8 Å². The van der Waals surface area contributed by atoms with Crippen molar-refractivity contribution in [2.45, 2.75) is 39.3 Å². The molecular weight excluding hydrogens is 286 g/mol. The number of nitrogens with zero attached hydrogens (tertiary/aromatic N) is 2. The van der Waals surface area contributed by atoms with Crippen LogP contribution in [0, 0.1) is 6.92 Å². The molecule has 0 bridgehead atoms. The predicted octanol–water partition coefficient (Wildman–Crippen LogP) is 3.24. The summed E-state index contributed by atoms with van der Waals surface area (Å²) in [5.74, 6) is 0.724. The van der Waals surface area contributed by atoms with E-state index in [0.29, 0.717) is 11.6 Å². The van der Waals surface area contributed by atoms with E-state index in [1.165, 1.54) is 0 Å². The van der Waals surface area contributed by atoms with Gasteiger partial charge in [0.1, 0.15) is 12.4 Å². The Morgan fingerprint density at radius 2 is 2.19 bits per heavy atom. The standard InChI is InChI=1S/C16H22ClN3O/c1-4-13(18)9-12-6-5-7-15(17)16(12)21-10-14-8-11(2)19-20(14)3/h5-8,13H,4,9-10,18H2,1-3H3. The molecule has 2 N–H and O–H groups in total. The maximum atomic E-state index is 6.28. The lowest BCUT2D eigenvalue weighted by Crippen LogP contribution is -2.21. The number of rotatable bonds is 6. The lowest BCUT2D eigenvalue weighted by molar-refractivity contribution is 0.291. The molecule has 114 valence electrons. The zero-order valence-corrected chi connectivity index (χ0v) is 13.5. The molecule has 0 aliphatic rings. The van der Waals surface area contributed by atoms with Gasteiger partial charge in [-0.2, -0.15) is 5.10 Å². The minimum Gasteiger partial charge on any atom is -0.485 e. The molecule has 1 unspecified atom stereocenters. The summed E-state index contributed by atoms with van der Waals surface area (Å²) in [5, 5.41) is 4.93. The van der Waals surface area contributed by atoms with E-state index in [1.54, 1.807) is 0 Å². The maximum absolute atomic E-state index is 6.28. The van der Waals surface area contributed by atoms with Crippen molar-refractivity contribution in [3.8, 4) is 5.75 Å². The van der Waals surface area contributed by atoms with Gasteiger partial charge in [-0.25, -0.2) is 0 Å². The third kappa shape index (κ3) is 3.99. The fraction of sp³-hybridized carbons (Fsp3) is 0.438. The van der Waals surface area contributed by atoms with Gasteiger partial charge in [-0.15, -0.1) is 0 Å². The highest BCUT2D eigenvalue weighted by atomic mass is 35.5. The monoisotopic (exact) mass is 307 g/mol. The molecule has 4 nitrogen and oxygen atoms in total. The number of para-hydroxylation sites is 1. The van der Waals surface area contributed by atoms with E-state index in [2.05, 4.69) is 12.0 Å². The van der Waals surface area contributed by atoms with Gasteiger partial charge in [0.2, 0.25) is 0 Å². The highest BCUT2D eigenvalue weighted by Gasteiger charge is 2.12. The number of ether oxygens (including phenoxy) is 1. The molecule has 0 saturated heterocycles. The Hall–Kier alpha value is -1.52. The Kier molecular flexibility index (Phi) is 5.26. The molecule has 0 aliphatic heterocycles. The van der Waals surface area contributed by atoms with Crippen LogP contribution in [-0.2, 0) is 20.1 Å². The van der Waals surface area contributed by atoms with Gasteiger partial charge in [0, 0.05) is 13.1 Å². The third-order valence-electron chi connectivity index (χ3n) is 3.52. The third-order valence-corrected chi connectivity index (χ3v) is 3.82. The first kappa shape index (κ1) is 15.9. The molecule has 1 aromatic carbocycles. The van der Waals surface area contributed by atoms with E-state index in [1.807, 2.05) is 42.9 Å². The molecule has 0 aliphatic carbocycles. The van der Waals surface area contributed by atoms with Gasteiger partial charge in [0.25, 0.3) is 0 Å². The van der Waals surface area contributed by atoms with E-state index in [0.717, 1.165) is 35.5 Å². The van der Waals surface area contributed by atoms with E-state index < -0.39 is 0 Å². The zero-order valence-electron chi connectivity index (χ0n) is 12.8. The quantitative estimate of drug-likeness (QED) is 0.891. The van der Waals surface area contributed by atoms with E-state index in [9.17, 15) is 0 Å². The first-order chi connectivity index (χ1) is 10.0. The van der Waals surface area contributed by atoms with Crippen LogP contribution in [0.5, 0.6) is 5.75 Å². The summed E-state index contributed by atoms with van der Waals surface area (Å²) in [7, 11) is 1.91. The largest absolute Gasteiger partial charge is 0.485 e. The van der Waals surface area contributed by atoms with E-state index >= 15 is 0 Å². The number of halogens is 1. The molecule has 1 atom stereocenters.